The van der Waals surface area contributed by atoms with Crippen molar-refractivity contribution in [2.24, 2.45) is 0 Å². The molecule has 1 aromatic carbocycles. The van der Waals surface area contributed by atoms with Crippen molar-refractivity contribution in [1.82, 2.24) is 9.97 Å². The average molecular weight is 284 g/mol. The Morgan fingerprint density at radius 1 is 1.15 bits per heavy atom. The van der Waals surface area contributed by atoms with Crippen molar-refractivity contribution in [1.29, 1.82) is 0 Å². The molecule has 0 aliphatic heterocycles. The predicted molar refractivity (Wildman–Crippen MR) is 82.4 cm³/mol. The van der Waals surface area contributed by atoms with E-state index in [2.05, 4.69) is 48.9 Å². The monoisotopic (exact) mass is 284 g/mol. The van der Waals surface area contributed by atoms with E-state index < -0.39 is 0 Å². The molecule has 0 saturated carbocycles. The number of thiophene rings is 1. The molecule has 20 heavy (non-hydrogen) atoms. The van der Waals surface area contributed by atoms with Gasteiger partial charge in [0.1, 0.15) is 17.8 Å². The molecule has 0 fully saturated rings. The van der Waals surface area contributed by atoms with Crippen LogP contribution in [0.2, 0.25) is 0 Å². The third-order valence-electron chi connectivity index (χ3n) is 3.39. The van der Waals surface area contributed by atoms with Gasteiger partial charge < -0.3 is 4.74 Å². The molecule has 0 atom stereocenters. The lowest BCUT2D eigenvalue weighted by atomic mass is 10.1. The normalized spacial score (nSPS) is 10.9. The van der Waals surface area contributed by atoms with E-state index in [1.165, 1.54) is 16.0 Å². The molecule has 0 amide bonds. The molecule has 0 saturated heterocycles. The highest BCUT2D eigenvalue weighted by atomic mass is 32.1. The lowest BCUT2D eigenvalue weighted by molar-refractivity contribution is 0.297. The highest BCUT2D eigenvalue weighted by Crippen LogP contribution is 2.33. The van der Waals surface area contributed by atoms with Crippen LogP contribution in [0, 0.1) is 20.8 Å². The number of nitrogens with zero attached hydrogens (tertiary/aromatic N) is 2. The summed E-state index contributed by atoms with van der Waals surface area (Å²) in [6, 6.07) is 8.32. The second kappa shape index (κ2) is 5.21. The van der Waals surface area contributed by atoms with Gasteiger partial charge in [0.15, 0.2) is 0 Å². The van der Waals surface area contributed by atoms with E-state index in [0.717, 1.165) is 15.8 Å². The van der Waals surface area contributed by atoms with E-state index in [0.29, 0.717) is 12.5 Å². The van der Waals surface area contributed by atoms with Crippen molar-refractivity contribution in [3.05, 3.63) is 52.2 Å². The first kappa shape index (κ1) is 13.1. The van der Waals surface area contributed by atoms with E-state index >= 15 is 0 Å². The van der Waals surface area contributed by atoms with E-state index in [9.17, 15) is 0 Å². The number of fused-ring (bicyclic) bond motifs is 1. The average Bonchev–Trinajstić information content (AvgIpc) is 2.73. The van der Waals surface area contributed by atoms with Crippen LogP contribution in [-0.4, -0.2) is 9.97 Å². The largest absolute Gasteiger partial charge is 0.472 e. The Morgan fingerprint density at radius 3 is 2.80 bits per heavy atom. The minimum atomic E-state index is 0.530. The molecule has 3 rings (SSSR count). The predicted octanol–water partition coefficient (Wildman–Crippen LogP) is 4.20. The molecule has 0 aliphatic rings. The summed E-state index contributed by atoms with van der Waals surface area (Å²) in [7, 11) is 0. The molecular formula is C16H16N2OS. The van der Waals surface area contributed by atoms with Crippen molar-refractivity contribution in [3.8, 4) is 5.88 Å². The fourth-order valence-electron chi connectivity index (χ4n) is 2.21. The van der Waals surface area contributed by atoms with Crippen LogP contribution in [0.1, 0.15) is 21.6 Å². The van der Waals surface area contributed by atoms with Gasteiger partial charge in [-0.05, 0) is 31.9 Å². The van der Waals surface area contributed by atoms with Crippen LogP contribution in [0.3, 0.4) is 0 Å². The summed E-state index contributed by atoms with van der Waals surface area (Å²) in [5.74, 6) is 0.679. The van der Waals surface area contributed by atoms with Crippen LogP contribution in [0.15, 0.2) is 30.6 Å². The maximum absolute atomic E-state index is 5.91. The molecule has 0 aliphatic carbocycles. The summed E-state index contributed by atoms with van der Waals surface area (Å²) in [5, 5.41) is 1.04. The minimum Gasteiger partial charge on any atom is -0.472 e. The summed E-state index contributed by atoms with van der Waals surface area (Å²) in [4.78, 5) is 10.9. The number of hydrogen-bond acceptors (Lipinski definition) is 4. The minimum absolute atomic E-state index is 0.530. The Hall–Kier alpha value is -1.94. The molecule has 0 bridgehead atoms. The number of rotatable bonds is 3. The number of aryl methyl sites for hydroxylation is 3. The molecule has 2 heterocycles. The van der Waals surface area contributed by atoms with Gasteiger partial charge in [0.2, 0.25) is 5.88 Å². The van der Waals surface area contributed by atoms with Gasteiger partial charge in [0.05, 0.1) is 5.39 Å². The summed E-state index contributed by atoms with van der Waals surface area (Å²) in [5.41, 5.74) is 3.60. The summed E-state index contributed by atoms with van der Waals surface area (Å²) < 4.78 is 5.91. The van der Waals surface area contributed by atoms with E-state index in [4.69, 9.17) is 4.74 Å². The zero-order chi connectivity index (χ0) is 14.1. The zero-order valence-electron chi connectivity index (χ0n) is 11.8. The quantitative estimate of drug-likeness (QED) is 0.723. The van der Waals surface area contributed by atoms with Gasteiger partial charge in [-0.25, -0.2) is 9.97 Å². The summed E-state index contributed by atoms with van der Waals surface area (Å²) >= 11 is 1.69. The zero-order valence-corrected chi connectivity index (χ0v) is 12.6. The Labute approximate surface area is 122 Å². The van der Waals surface area contributed by atoms with Gasteiger partial charge in [0.25, 0.3) is 0 Å². The maximum atomic E-state index is 5.91. The molecule has 102 valence electrons. The first-order valence-corrected chi connectivity index (χ1v) is 7.36. The first-order chi connectivity index (χ1) is 9.65. The highest BCUT2D eigenvalue weighted by Gasteiger charge is 2.12. The molecular weight excluding hydrogens is 268 g/mol. The third-order valence-corrected chi connectivity index (χ3v) is 4.50. The lowest BCUT2D eigenvalue weighted by Crippen LogP contribution is -1.98. The van der Waals surface area contributed by atoms with E-state index in [1.54, 1.807) is 17.7 Å². The van der Waals surface area contributed by atoms with E-state index in [-0.39, 0.29) is 0 Å². The van der Waals surface area contributed by atoms with Crippen LogP contribution in [0.5, 0.6) is 5.88 Å². The standard InChI is InChI=1S/C16H16N2OS/c1-10-5-4-6-13(7-10)8-19-15-14-11(2)12(3)20-16(14)18-9-17-15/h4-7,9H,8H2,1-3H3. The first-order valence-electron chi connectivity index (χ1n) is 6.54. The van der Waals surface area contributed by atoms with Gasteiger partial charge in [-0.2, -0.15) is 0 Å². The van der Waals surface area contributed by atoms with Gasteiger partial charge in [0, 0.05) is 4.88 Å². The van der Waals surface area contributed by atoms with Gasteiger partial charge >= 0.3 is 0 Å². The van der Waals surface area contributed by atoms with Crippen molar-refractivity contribution < 1.29 is 4.74 Å². The van der Waals surface area contributed by atoms with Crippen molar-refractivity contribution in [2.45, 2.75) is 27.4 Å². The molecule has 0 N–H and O–H groups in total. The Bertz CT molecular complexity index is 764. The Balaban J connectivity index is 1.91. The third kappa shape index (κ3) is 2.39. The maximum Gasteiger partial charge on any atom is 0.225 e. The van der Waals surface area contributed by atoms with Crippen LogP contribution >= 0.6 is 11.3 Å². The van der Waals surface area contributed by atoms with Crippen LogP contribution in [0.25, 0.3) is 10.2 Å². The van der Waals surface area contributed by atoms with Gasteiger partial charge in [-0.3, -0.25) is 0 Å². The molecule has 3 aromatic rings. The summed E-state index contributed by atoms with van der Waals surface area (Å²) in [6.07, 6.45) is 1.57. The number of aromatic nitrogens is 2. The van der Waals surface area contributed by atoms with Crippen molar-refractivity contribution >= 4 is 21.6 Å². The SMILES string of the molecule is Cc1cccc(COc2ncnc3sc(C)c(C)c23)c1. The molecule has 0 spiro atoms. The highest BCUT2D eigenvalue weighted by molar-refractivity contribution is 7.18. The number of benzene rings is 1. The van der Waals surface area contributed by atoms with Crippen molar-refractivity contribution in [2.75, 3.05) is 0 Å². The molecule has 0 unspecified atom stereocenters. The van der Waals surface area contributed by atoms with Crippen LogP contribution < -0.4 is 4.74 Å². The summed E-state index contributed by atoms with van der Waals surface area (Å²) in [6.45, 7) is 6.81. The van der Waals surface area contributed by atoms with Gasteiger partial charge in [-0.15, -0.1) is 11.3 Å². The Morgan fingerprint density at radius 2 is 2.00 bits per heavy atom. The van der Waals surface area contributed by atoms with E-state index in [1.807, 2.05) is 6.07 Å². The fourth-order valence-corrected chi connectivity index (χ4v) is 3.20. The smallest absolute Gasteiger partial charge is 0.225 e. The number of hydrogen-bond donors (Lipinski definition) is 0. The molecule has 0 radical (unpaired) electrons. The number of ether oxygens (including phenoxy) is 1. The van der Waals surface area contributed by atoms with Crippen LogP contribution in [-0.2, 0) is 6.61 Å². The Kier molecular flexibility index (Phi) is 3.40. The van der Waals surface area contributed by atoms with Crippen molar-refractivity contribution in [3.63, 3.8) is 0 Å². The second-order valence-electron chi connectivity index (χ2n) is 4.92. The molecule has 4 heteroatoms. The topological polar surface area (TPSA) is 35.0 Å². The van der Waals surface area contributed by atoms with Gasteiger partial charge in [-0.1, -0.05) is 29.8 Å². The molecule has 2 aromatic heterocycles. The molecule has 3 nitrogen and oxygen atoms in total. The van der Waals surface area contributed by atoms with Crippen LogP contribution in [0.4, 0.5) is 0 Å². The second-order valence-corrected chi connectivity index (χ2v) is 6.12. The lowest BCUT2D eigenvalue weighted by Gasteiger charge is -2.07. The fraction of sp³-hybridized carbons (Fsp3) is 0.250.